The maximum absolute atomic E-state index is 13.1. The van der Waals surface area contributed by atoms with Crippen molar-refractivity contribution in [2.45, 2.75) is 44.3 Å². The van der Waals surface area contributed by atoms with Crippen LogP contribution in [0.5, 0.6) is 5.75 Å². The summed E-state index contributed by atoms with van der Waals surface area (Å²) in [6.45, 7) is 3.71. The first kappa shape index (κ1) is 24.9. The molecule has 3 aromatic rings. The van der Waals surface area contributed by atoms with Crippen LogP contribution in [-0.2, 0) is 16.9 Å². The summed E-state index contributed by atoms with van der Waals surface area (Å²) in [6, 6.07) is 12.4. The van der Waals surface area contributed by atoms with Crippen LogP contribution >= 0.6 is 0 Å². The Morgan fingerprint density at radius 2 is 2.05 bits per heavy atom. The number of fused-ring (bicyclic) bond motifs is 2. The second-order valence-corrected chi connectivity index (χ2v) is 9.13. The van der Waals surface area contributed by atoms with Gasteiger partial charge in [0.1, 0.15) is 5.60 Å². The van der Waals surface area contributed by atoms with Crippen LogP contribution < -0.4 is 15.8 Å². The molecule has 9 nitrogen and oxygen atoms in total. The third-order valence-electron chi connectivity index (χ3n) is 6.76. The van der Waals surface area contributed by atoms with Crippen LogP contribution in [0.2, 0.25) is 0 Å². The van der Waals surface area contributed by atoms with Gasteiger partial charge >= 0.3 is 12.4 Å². The van der Waals surface area contributed by atoms with Crippen molar-refractivity contribution in [1.29, 1.82) is 0 Å². The van der Waals surface area contributed by atoms with E-state index < -0.39 is 17.7 Å². The quantitative estimate of drug-likeness (QED) is 0.526. The molecule has 5 rings (SSSR count). The van der Waals surface area contributed by atoms with Crippen LogP contribution in [0.25, 0.3) is 11.3 Å². The van der Waals surface area contributed by atoms with Gasteiger partial charge in [-0.25, -0.2) is 9.78 Å². The highest BCUT2D eigenvalue weighted by Crippen LogP contribution is 2.40. The molecule has 1 fully saturated rings. The third kappa shape index (κ3) is 5.06. The summed E-state index contributed by atoms with van der Waals surface area (Å²) < 4.78 is 50.3. The topological polar surface area (TPSA) is 108 Å². The first-order chi connectivity index (χ1) is 17.7. The van der Waals surface area contributed by atoms with Crippen LogP contribution in [-0.4, -0.2) is 51.8 Å². The van der Waals surface area contributed by atoms with E-state index in [0.29, 0.717) is 43.9 Å². The van der Waals surface area contributed by atoms with Crippen LogP contribution in [0.1, 0.15) is 37.1 Å². The summed E-state index contributed by atoms with van der Waals surface area (Å²) in [4.78, 5) is 18.7. The number of nitrogen functional groups attached to an aromatic ring is 1. The number of hydrogen-bond acceptors (Lipinski definition) is 6. The van der Waals surface area contributed by atoms with Crippen molar-refractivity contribution in [3.63, 3.8) is 0 Å². The van der Waals surface area contributed by atoms with Gasteiger partial charge in [0.05, 0.1) is 37.1 Å². The predicted octanol–water partition coefficient (Wildman–Crippen LogP) is 4.22. The number of amides is 2. The lowest BCUT2D eigenvalue weighted by atomic mass is 9.96. The second kappa shape index (κ2) is 9.58. The van der Waals surface area contributed by atoms with E-state index in [9.17, 15) is 18.0 Å². The summed E-state index contributed by atoms with van der Waals surface area (Å²) in [5, 5.41) is 7.69. The maximum Gasteiger partial charge on any atom is 0.573 e. The Balaban J connectivity index is 1.36. The number of nitrogens with one attached hydrogen (secondary N) is 1. The fourth-order valence-corrected chi connectivity index (χ4v) is 4.93. The largest absolute Gasteiger partial charge is 0.573 e. The average Bonchev–Trinajstić information content (AvgIpc) is 3.50. The highest BCUT2D eigenvalue weighted by molar-refractivity contribution is 5.75. The molecule has 2 aliphatic heterocycles. The second-order valence-electron chi connectivity index (χ2n) is 9.13. The van der Waals surface area contributed by atoms with E-state index in [2.05, 4.69) is 20.1 Å². The van der Waals surface area contributed by atoms with E-state index >= 15 is 0 Å². The number of nitrogens with two attached hydrogens (primary N) is 1. The Bertz CT molecular complexity index is 1280. The zero-order chi connectivity index (χ0) is 26.2. The summed E-state index contributed by atoms with van der Waals surface area (Å²) >= 11 is 0. The zero-order valence-corrected chi connectivity index (χ0v) is 20.2. The predicted molar refractivity (Wildman–Crippen MR) is 128 cm³/mol. The van der Waals surface area contributed by atoms with Crippen molar-refractivity contribution < 1.29 is 27.4 Å². The minimum atomic E-state index is -4.90. The molecule has 1 spiro atoms. The molecule has 0 bridgehead atoms. The van der Waals surface area contributed by atoms with Crippen LogP contribution in [0.4, 0.5) is 23.8 Å². The average molecular weight is 517 g/mol. The molecular formula is C25H27F3N6O3. The zero-order valence-electron chi connectivity index (χ0n) is 20.2. The van der Waals surface area contributed by atoms with Gasteiger partial charge in [0.25, 0.3) is 0 Å². The first-order valence-electron chi connectivity index (χ1n) is 12.0. The smallest absolute Gasteiger partial charge is 0.402 e. The fraction of sp³-hybridized carbons (Fsp3) is 0.400. The number of anilines is 1. The molecule has 4 heterocycles. The van der Waals surface area contributed by atoms with Gasteiger partial charge in [-0.15, -0.1) is 13.2 Å². The van der Waals surface area contributed by atoms with Crippen LogP contribution in [0, 0.1) is 0 Å². The molecule has 3 N–H and O–H groups in total. The number of urea groups is 1. The van der Waals surface area contributed by atoms with Gasteiger partial charge in [0, 0.05) is 24.7 Å². The minimum absolute atomic E-state index is 0.110. The summed E-state index contributed by atoms with van der Waals surface area (Å²) in [5.41, 5.74) is 7.34. The molecule has 2 amide bonds. The highest BCUT2D eigenvalue weighted by atomic mass is 19.4. The van der Waals surface area contributed by atoms with E-state index in [0.717, 1.165) is 17.7 Å². The van der Waals surface area contributed by atoms with Crippen molar-refractivity contribution in [3.8, 4) is 17.0 Å². The molecule has 12 heteroatoms. The maximum atomic E-state index is 13.1. The molecule has 37 heavy (non-hydrogen) atoms. The number of carbonyl (C=O) groups is 1. The Kier molecular flexibility index (Phi) is 6.44. The molecule has 2 aliphatic rings. The minimum Gasteiger partial charge on any atom is -0.402 e. The van der Waals surface area contributed by atoms with Crippen LogP contribution in [0.3, 0.4) is 0 Å². The van der Waals surface area contributed by atoms with E-state index in [1.807, 2.05) is 37.3 Å². The van der Waals surface area contributed by atoms with Gasteiger partial charge in [-0.1, -0.05) is 37.3 Å². The highest BCUT2D eigenvalue weighted by Gasteiger charge is 2.47. The number of likely N-dealkylation sites (tertiary alicyclic amines) is 1. The molecule has 2 aromatic heterocycles. The van der Waals surface area contributed by atoms with Crippen molar-refractivity contribution in [3.05, 3.63) is 59.9 Å². The number of alkyl halides is 3. The van der Waals surface area contributed by atoms with Gasteiger partial charge in [-0.3, -0.25) is 4.68 Å². The third-order valence-corrected chi connectivity index (χ3v) is 6.76. The molecule has 0 radical (unpaired) electrons. The number of rotatable bonds is 5. The number of carbonyl (C=O) groups excluding carboxylic acids is 1. The molecule has 1 aromatic carbocycles. The Labute approximate surface area is 211 Å². The first-order valence-corrected chi connectivity index (χ1v) is 12.0. The van der Waals surface area contributed by atoms with Crippen molar-refractivity contribution >= 4 is 11.8 Å². The number of hydrogen-bond donors (Lipinski definition) is 2. The van der Waals surface area contributed by atoms with E-state index in [4.69, 9.17) is 10.5 Å². The lowest BCUT2D eigenvalue weighted by Gasteiger charge is -2.34. The van der Waals surface area contributed by atoms with E-state index in [1.54, 1.807) is 15.6 Å². The molecule has 0 aliphatic carbocycles. The summed E-state index contributed by atoms with van der Waals surface area (Å²) in [7, 11) is 0. The molecule has 1 unspecified atom stereocenters. The van der Waals surface area contributed by atoms with Crippen molar-refractivity contribution in [2.24, 2.45) is 0 Å². The van der Waals surface area contributed by atoms with E-state index in [-0.39, 0.29) is 17.9 Å². The lowest BCUT2D eigenvalue weighted by molar-refractivity contribution is -0.274. The fourth-order valence-electron chi connectivity index (χ4n) is 4.93. The van der Waals surface area contributed by atoms with Gasteiger partial charge in [-0.05, 0) is 24.1 Å². The normalized spacial score (nSPS) is 20.1. The molecule has 0 saturated carbocycles. The molecule has 2 atom stereocenters. The number of halogens is 3. The van der Waals surface area contributed by atoms with Crippen molar-refractivity contribution in [1.82, 2.24) is 25.0 Å². The standard InChI is InChI=1S/C25H27F3N6O3/c1-2-18(16-6-4-3-5-7-16)31-23(35)33-9-8-24(15-33)21-13-19(32-34(21)10-11-36-24)17-12-20(22(29)30-14-17)37-25(26,27)28/h3-7,12-14,18H,2,8-11,15H2,1H3,(H2,29,30)(H,31,35)/t18-,24?/m1/s1. The Hall–Kier alpha value is -3.80. The lowest BCUT2D eigenvalue weighted by Crippen LogP contribution is -2.45. The number of nitrogens with zero attached hydrogens (tertiary/aromatic N) is 4. The SMILES string of the molecule is CC[C@@H](NC(=O)N1CCC2(C1)OCCn1nc(-c3cnc(N)c(OC(F)(F)F)c3)cc12)c1ccccc1. The summed E-state index contributed by atoms with van der Waals surface area (Å²) in [6.07, 6.45) is -2.23. The number of benzene rings is 1. The molecular weight excluding hydrogens is 489 g/mol. The number of ether oxygens (including phenoxy) is 2. The van der Waals surface area contributed by atoms with Gasteiger partial charge < -0.3 is 25.4 Å². The van der Waals surface area contributed by atoms with Gasteiger partial charge in [0.15, 0.2) is 11.6 Å². The van der Waals surface area contributed by atoms with Crippen LogP contribution in [0.15, 0.2) is 48.7 Å². The van der Waals surface area contributed by atoms with E-state index in [1.165, 1.54) is 12.3 Å². The molecule has 1 saturated heterocycles. The molecule has 196 valence electrons. The van der Waals surface area contributed by atoms with Gasteiger partial charge in [-0.2, -0.15) is 5.10 Å². The summed E-state index contributed by atoms with van der Waals surface area (Å²) in [5.74, 6) is -0.960. The van der Waals surface area contributed by atoms with Crippen molar-refractivity contribution in [2.75, 3.05) is 25.4 Å². The Morgan fingerprint density at radius 1 is 1.27 bits per heavy atom. The Morgan fingerprint density at radius 3 is 2.78 bits per heavy atom. The van der Waals surface area contributed by atoms with Gasteiger partial charge in [0.2, 0.25) is 0 Å². The number of pyridine rings is 1. The monoisotopic (exact) mass is 516 g/mol. The number of aromatic nitrogens is 3.